The predicted molar refractivity (Wildman–Crippen MR) is 150 cm³/mol. The lowest BCUT2D eigenvalue weighted by Gasteiger charge is -2.45. The first kappa shape index (κ1) is 26.3. The molecule has 0 spiro atoms. The number of hydrogen-bond donors (Lipinski definition) is 1. The first-order valence-electron chi connectivity index (χ1n) is 13.7. The summed E-state index contributed by atoms with van der Waals surface area (Å²) in [7, 11) is 0. The predicted octanol–water partition coefficient (Wildman–Crippen LogP) is 5.27. The van der Waals surface area contributed by atoms with Crippen LogP contribution in [0.2, 0.25) is 5.02 Å². The van der Waals surface area contributed by atoms with Crippen molar-refractivity contribution >= 4 is 41.0 Å². The Morgan fingerprint density at radius 2 is 1.35 bits per heavy atom. The average molecular weight is 557 g/mol. The first-order valence-corrected chi connectivity index (χ1v) is 14.0. The number of anilines is 1. The van der Waals surface area contributed by atoms with Crippen molar-refractivity contribution in [2.75, 3.05) is 11.9 Å². The van der Waals surface area contributed by atoms with Gasteiger partial charge in [-0.25, -0.2) is 4.79 Å². The van der Waals surface area contributed by atoms with Crippen LogP contribution in [0.4, 0.5) is 5.69 Å². The maximum Gasteiger partial charge on any atom is 0.329 e. The summed E-state index contributed by atoms with van der Waals surface area (Å²) in [5.74, 6) is -3.60. The highest BCUT2D eigenvalue weighted by Crippen LogP contribution is 2.61. The van der Waals surface area contributed by atoms with E-state index in [1.54, 1.807) is 24.3 Å². The Balaban J connectivity index is 1.26. The Kier molecular flexibility index (Phi) is 6.92. The fourth-order valence-corrected chi connectivity index (χ4v) is 6.85. The van der Waals surface area contributed by atoms with Crippen molar-refractivity contribution in [3.05, 3.63) is 100 Å². The third-order valence-electron chi connectivity index (χ3n) is 8.37. The standard InChI is InChI=1S/C32H29ClN2O5/c1-2-3-12-24(32(39)40-17-25(36)34-19-15-13-18(33)14-16-19)35-30(37)28-26-20-8-4-5-9-21(20)27(29(28)31(35)38)23-11-7-6-10-22(23)26/h4-11,13-16,24,26-29H,2-3,12,17H2,1H3,(H,34,36)/t24-,26?,27?,28-,29-/m1/s1. The van der Waals surface area contributed by atoms with Crippen molar-refractivity contribution in [1.82, 2.24) is 4.90 Å². The molecule has 4 aliphatic rings. The highest BCUT2D eigenvalue weighted by atomic mass is 35.5. The van der Waals surface area contributed by atoms with Crippen LogP contribution in [0.1, 0.15) is 60.3 Å². The molecule has 3 aromatic rings. The molecule has 1 saturated heterocycles. The molecule has 8 heteroatoms. The van der Waals surface area contributed by atoms with E-state index in [0.717, 1.165) is 33.6 Å². The number of hydrogen-bond acceptors (Lipinski definition) is 5. The summed E-state index contributed by atoms with van der Waals surface area (Å²) in [4.78, 5) is 55.2. The van der Waals surface area contributed by atoms with E-state index in [0.29, 0.717) is 17.1 Å². The molecule has 3 atom stereocenters. The summed E-state index contributed by atoms with van der Waals surface area (Å²) < 4.78 is 5.39. The SMILES string of the molecule is CCCC[C@H](C(=O)OCC(=O)Nc1ccc(Cl)cc1)N1C(=O)[C@@H]2C3c4ccccc4C(c4ccccc43)[C@H]2C1=O. The van der Waals surface area contributed by atoms with Gasteiger partial charge in [-0.3, -0.25) is 19.3 Å². The van der Waals surface area contributed by atoms with Gasteiger partial charge < -0.3 is 10.1 Å². The van der Waals surface area contributed by atoms with Crippen molar-refractivity contribution in [3.8, 4) is 0 Å². The molecule has 0 saturated carbocycles. The van der Waals surface area contributed by atoms with E-state index in [2.05, 4.69) is 5.32 Å². The van der Waals surface area contributed by atoms with Gasteiger partial charge in [-0.05, 0) is 52.9 Å². The molecule has 3 aromatic carbocycles. The zero-order valence-electron chi connectivity index (χ0n) is 22.0. The lowest BCUT2D eigenvalue weighted by atomic mass is 9.55. The van der Waals surface area contributed by atoms with E-state index in [1.165, 1.54) is 0 Å². The van der Waals surface area contributed by atoms with Gasteiger partial charge in [-0.15, -0.1) is 0 Å². The Hall–Kier alpha value is -3.97. The van der Waals surface area contributed by atoms with Crippen LogP contribution >= 0.6 is 11.6 Å². The molecule has 0 aromatic heterocycles. The minimum absolute atomic E-state index is 0.253. The topological polar surface area (TPSA) is 92.8 Å². The van der Waals surface area contributed by atoms with Crippen LogP contribution in [0.3, 0.4) is 0 Å². The number of unbranched alkanes of at least 4 members (excludes halogenated alkanes) is 1. The maximum absolute atomic E-state index is 14.1. The number of carbonyl (C=O) groups is 4. The molecule has 1 aliphatic heterocycles. The fraction of sp³-hybridized carbons (Fsp3) is 0.312. The molecule has 3 aliphatic carbocycles. The first-order chi connectivity index (χ1) is 19.4. The monoisotopic (exact) mass is 556 g/mol. The number of halogens is 1. The summed E-state index contributed by atoms with van der Waals surface area (Å²) in [5, 5.41) is 3.18. The Labute approximate surface area is 237 Å². The largest absolute Gasteiger partial charge is 0.454 e. The Morgan fingerprint density at radius 1 is 0.850 bits per heavy atom. The molecule has 0 radical (unpaired) electrons. The number of ether oxygens (including phenoxy) is 1. The number of imide groups is 1. The summed E-state index contributed by atoms with van der Waals surface area (Å²) in [5.41, 5.74) is 4.80. The number of benzene rings is 3. The number of esters is 1. The number of nitrogens with one attached hydrogen (secondary N) is 1. The third kappa shape index (κ3) is 4.29. The molecule has 0 unspecified atom stereocenters. The summed E-state index contributed by atoms with van der Waals surface area (Å²) in [6, 6.07) is 21.5. The lowest BCUT2D eigenvalue weighted by molar-refractivity contribution is -0.160. The van der Waals surface area contributed by atoms with Crippen LogP contribution in [-0.4, -0.2) is 41.2 Å². The molecule has 1 fully saturated rings. The average Bonchev–Trinajstić information content (AvgIpc) is 3.23. The lowest BCUT2D eigenvalue weighted by Crippen LogP contribution is -2.47. The highest BCUT2D eigenvalue weighted by molar-refractivity contribution is 6.30. The zero-order chi connectivity index (χ0) is 28.0. The van der Waals surface area contributed by atoms with E-state index in [-0.39, 0.29) is 30.1 Å². The Morgan fingerprint density at radius 3 is 1.82 bits per heavy atom. The van der Waals surface area contributed by atoms with E-state index in [4.69, 9.17) is 16.3 Å². The van der Waals surface area contributed by atoms with Gasteiger partial charge in [0.2, 0.25) is 11.8 Å². The van der Waals surface area contributed by atoms with E-state index < -0.39 is 36.4 Å². The van der Waals surface area contributed by atoms with Gasteiger partial charge in [0.1, 0.15) is 6.04 Å². The third-order valence-corrected chi connectivity index (χ3v) is 8.62. The van der Waals surface area contributed by atoms with Crippen molar-refractivity contribution in [2.45, 2.75) is 44.1 Å². The second-order valence-electron chi connectivity index (χ2n) is 10.6. The molecule has 7 rings (SSSR count). The summed E-state index contributed by atoms with van der Waals surface area (Å²) in [6.45, 7) is 1.44. The number of carbonyl (C=O) groups excluding carboxylic acids is 4. The van der Waals surface area contributed by atoms with Crippen LogP contribution in [0, 0.1) is 11.8 Å². The van der Waals surface area contributed by atoms with Crippen LogP contribution in [0.5, 0.6) is 0 Å². The van der Waals surface area contributed by atoms with E-state index >= 15 is 0 Å². The van der Waals surface area contributed by atoms with Crippen molar-refractivity contribution in [1.29, 1.82) is 0 Å². The molecule has 40 heavy (non-hydrogen) atoms. The normalized spacial score (nSPS) is 22.8. The maximum atomic E-state index is 14.1. The number of rotatable bonds is 8. The molecular formula is C32H29ClN2O5. The van der Waals surface area contributed by atoms with Gasteiger partial charge in [-0.2, -0.15) is 0 Å². The smallest absolute Gasteiger partial charge is 0.329 e. The van der Waals surface area contributed by atoms with Crippen LogP contribution in [0.25, 0.3) is 0 Å². The van der Waals surface area contributed by atoms with Gasteiger partial charge in [0.05, 0.1) is 11.8 Å². The van der Waals surface area contributed by atoms with Gasteiger partial charge in [-0.1, -0.05) is 79.9 Å². The number of likely N-dealkylation sites (tertiary alicyclic amines) is 1. The molecular weight excluding hydrogens is 528 g/mol. The molecule has 1 N–H and O–H groups in total. The number of amides is 3. The second-order valence-corrected chi connectivity index (χ2v) is 11.1. The molecule has 1 heterocycles. The van der Waals surface area contributed by atoms with Crippen molar-refractivity contribution in [2.24, 2.45) is 11.8 Å². The molecule has 204 valence electrons. The second kappa shape index (κ2) is 10.5. The molecule has 7 nitrogen and oxygen atoms in total. The quantitative estimate of drug-likeness (QED) is 0.301. The summed E-state index contributed by atoms with van der Waals surface area (Å²) >= 11 is 5.89. The minimum atomic E-state index is -1.08. The van der Waals surface area contributed by atoms with Crippen molar-refractivity contribution < 1.29 is 23.9 Å². The van der Waals surface area contributed by atoms with E-state index in [9.17, 15) is 19.2 Å². The summed E-state index contributed by atoms with van der Waals surface area (Å²) in [6.07, 6.45) is 1.67. The fourth-order valence-electron chi connectivity index (χ4n) is 6.72. The number of nitrogens with zero attached hydrogens (tertiary/aromatic N) is 1. The van der Waals surface area contributed by atoms with Crippen molar-refractivity contribution in [3.63, 3.8) is 0 Å². The van der Waals surface area contributed by atoms with Gasteiger partial charge in [0.25, 0.3) is 5.91 Å². The van der Waals surface area contributed by atoms with E-state index in [1.807, 2.05) is 55.5 Å². The molecule has 3 amide bonds. The minimum Gasteiger partial charge on any atom is -0.454 e. The van der Waals surface area contributed by atoms with Gasteiger partial charge >= 0.3 is 5.97 Å². The zero-order valence-corrected chi connectivity index (χ0v) is 22.8. The highest BCUT2D eigenvalue weighted by Gasteiger charge is 2.63. The van der Waals surface area contributed by atoms with Crippen LogP contribution in [0.15, 0.2) is 72.8 Å². The van der Waals surface area contributed by atoms with Gasteiger partial charge in [0, 0.05) is 22.5 Å². The van der Waals surface area contributed by atoms with Gasteiger partial charge in [0.15, 0.2) is 6.61 Å². The molecule has 2 bridgehead atoms. The van der Waals surface area contributed by atoms with Crippen LogP contribution < -0.4 is 5.32 Å². The van der Waals surface area contributed by atoms with Crippen LogP contribution in [-0.2, 0) is 23.9 Å². The Bertz CT molecular complexity index is 1390.